The van der Waals surface area contributed by atoms with Gasteiger partial charge in [-0.05, 0) is 33.1 Å². The van der Waals surface area contributed by atoms with E-state index in [0.717, 1.165) is 19.4 Å². The van der Waals surface area contributed by atoms with Crippen LogP contribution in [0, 0.1) is 6.92 Å². The summed E-state index contributed by atoms with van der Waals surface area (Å²) >= 11 is 0. The standard InChI is InChI=1S/C13H21N3O3/c1-9(11-5-4-8-18-11)14-12(17)6-3-7-13-15-10(2)16-19-13/h9,11H,3-8H2,1-2H3,(H,14,17)/t9-,11+/m0/s1. The van der Waals surface area contributed by atoms with E-state index < -0.39 is 0 Å². The number of hydrogen-bond donors (Lipinski definition) is 1. The van der Waals surface area contributed by atoms with Crippen molar-refractivity contribution in [2.75, 3.05) is 6.61 Å². The molecule has 0 unspecified atom stereocenters. The van der Waals surface area contributed by atoms with Crippen LogP contribution in [0.4, 0.5) is 0 Å². The van der Waals surface area contributed by atoms with Crippen molar-refractivity contribution in [3.05, 3.63) is 11.7 Å². The minimum absolute atomic E-state index is 0.0548. The van der Waals surface area contributed by atoms with Gasteiger partial charge in [0.15, 0.2) is 5.82 Å². The Balaban J connectivity index is 1.64. The Hall–Kier alpha value is -1.43. The molecule has 1 saturated heterocycles. The lowest BCUT2D eigenvalue weighted by atomic mass is 10.1. The fourth-order valence-corrected chi connectivity index (χ4v) is 2.26. The molecule has 2 heterocycles. The van der Waals surface area contributed by atoms with E-state index in [-0.39, 0.29) is 18.1 Å². The van der Waals surface area contributed by atoms with Crippen molar-refractivity contribution in [2.45, 2.75) is 58.1 Å². The molecule has 1 N–H and O–H groups in total. The largest absolute Gasteiger partial charge is 0.376 e. The summed E-state index contributed by atoms with van der Waals surface area (Å²) in [5, 5.41) is 6.69. The highest BCUT2D eigenvalue weighted by atomic mass is 16.5. The van der Waals surface area contributed by atoms with Gasteiger partial charge in [0.25, 0.3) is 0 Å². The van der Waals surface area contributed by atoms with Gasteiger partial charge in [0.2, 0.25) is 11.8 Å². The molecule has 6 nitrogen and oxygen atoms in total. The molecule has 0 saturated carbocycles. The molecular formula is C13H21N3O3. The average Bonchev–Trinajstić information content (AvgIpc) is 3.00. The third kappa shape index (κ3) is 4.31. The lowest BCUT2D eigenvalue weighted by Crippen LogP contribution is -2.40. The summed E-state index contributed by atoms with van der Waals surface area (Å²) in [6.45, 7) is 4.58. The molecule has 19 heavy (non-hydrogen) atoms. The molecule has 1 fully saturated rings. The van der Waals surface area contributed by atoms with Crippen LogP contribution in [-0.2, 0) is 16.0 Å². The predicted octanol–water partition coefficient (Wildman–Crippen LogP) is 1.38. The number of rotatable bonds is 6. The number of carbonyl (C=O) groups is 1. The summed E-state index contributed by atoms with van der Waals surface area (Å²) in [7, 11) is 0. The first kappa shape index (κ1) is 14.0. The number of hydrogen-bond acceptors (Lipinski definition) is 5. The Morgan fingerprint density at radius 2 is 2.42 bits per heavy atom. The molecule has 1 aliphatic rings. The first-order valence-corrected chi connectivity index (χ1v) is 6.85. The Morgan fingerprint density at radius 1 is 1.58 bits per heavy atom. The van der Waals surface area contributed by atoms with Crippen LogP contribution in [0.1, 0.15) is 44.3 Å². The quantitative estimate of drug-likeness (QED) is 0.842. The molecule has 0 aliphatic carbocycles. The van der Waals surface area contributed by atoms with Crippen molar-refractivity contribution in [3.63, 3.8) is 0 Å². The molecule has 1 aliphatic heterocycles. The van der Waals surface area contributed by atoms with E-state index in [1.165, 1.54) is 0 Å². The second-order valence-corrected chi connectivity index (χ2v) is 5.00. The number of nitrogens with zero attached hydrogens (tertiary/aromatic N) is 2. The first-order valence-electron chi connectivity index (χ1n) is 6.85. The van der Waals surface area contributed by atoms with Crippen LogP contribution in [-0.4, -0.2) is 34.8 Å². The predicted molar refractivity (Wildman–Crippen MR) is 68.6 cm³/mol. The zero-order valence-corrected chi connectivity index (χ0v) is 11.5. The molecule has 1 aromatic rings. The van der Waals surface area contributed by atoms with E-state index >= 15 is 0 Å². The average molecular weight is 267 g/mol. The summed E-state index contributed by atoms with van der Waals surface area (Å²) < 4.78 is 10.5. The monoisotopic (exact) mass is 267 g/mol. The van der Waals surface area contributed by atoms with Gasteiger partial charge in [0.1, 0.15) is 0 Å². The molecule has 6 heteroatoms. The Kier molecular flexibility index (Phi) is 4.90. The van der Waals surface area contributed by atoms with Gasteiger partial charge in [-0.1, -0.05) is 5.16 Å². The summed E-state index contributed by atoms with van der Waals surface area (Å²) in [5.41, 5.74) is 0. The van der Waals surface area contributed by atoms with Crippen LogP contribution < -0.4 is 5.32 Å². The van der Waals surface area contributed by atoms with Crippen molar-refractivity contribution in [2.24, 2.45) is 0 Å². The van der Waals surface area contributed by atoms with E-state index in [1.807, 2.05) is 6.92 Å². The Morgan fingerprint density at radius 3 is 3.05 bits per heavy atom. The third-order valence-electron chi connectivity index (χ3n) is 3.28. The molecule has 0 radical (unpaired) electrons. The zero-order valence-electron chi connectivity index (χ0n) is 11.5. The fourth-order valence-electron chi connectivity index (χ4n) is 2.26. The van der Waals surface area contributed by atoms with Crippen LogP contribution in [0.25, 0.3) is 0 Å². The maximum absolute atomic E-state index is 11.8. The van der Waals surface area contributed by atoms with Crippen molar-refractivity contribution in [3.8, 4) is 0 Å². The molecule has 106 valence electrons. The van der Waals surface area contributed by atoms with Gasteiger partial charge in [-0.15, -0.1) is 0 Å². The minimum atomic E-state index is 0.0548. The zero-order chi connectivity index (χ0) is 13.7. The number of carbonyl (C=O) groups excluding carboxylic acids is 1. The summed E-state index contributed by atoms with van der Waals surface area (Å²) in [6, 6.07) is 0.0839. The number of aryl methyl sites for hydroxylation is 2. The molecule has 0 aromatic carbocycles. The molecule has 1 aromatic heterocycles. The van der Waals surface area contributed by atoms with Gasteiger partial charge in [-0.25, -0.2) is 0 Å². The van der Waals surface area contributed by atoms with E-state index in [2.05, 4.69) is 15.5 Å². The highest BCUT2D eigenvalue weighted by Crippen LogP contribution is 2.15. The molecule has 2 atom stereocenters. The van der Waals surface area contributed by atoms with Gasteiger partial charge in [0.05, 0.1) is 12.1 Å². The highest BCUT2D eigenvalue weighted by molar-refractivity contribution is 5.76. The maximum atomic E-state index is 11.8. The normalized spacial score (nSPS) is 20.4. The highest BCUT2D eigenvalue weighted by Gasteiger charge is 2.23. The van der Waals surface area contributed by atoms with E-state index in [0.29, 0.717) is 31.0 Å². The molecular weight excluding hydrogens is 246 g/mol. The Bertz CT molecular complexity index is 413. The number of aromatic nitrogens is 2. The van der Waals surface area contributed by atoms with Crippen LogP contribution in [0.3, 0.4) is 0 Å². The first-order chi connectivity index (χ1) is 9.15. The smallest absolute Gasteiger partial charge is 0.226 e. The van der Waals surface area contributed by atoms with Crippen molar-refractivity contribution in [1.29, 1.82) is 0 Å². The Labute approximate surface area is 112 Å². The van der Waals surface area contributed by atoms with Gasteiger partial charge < -0.3 is 14.6 Å². The summed E-state index contributed by atoms with van der Waals surface area (Å²) in [5.74, 6) is 1.28. The molecule has 0 bridgehead atoms. The lowest BCUT2D eigenvalue weighted by molar-refractivity contribution is -0.122. The van der Waals surface area contributed by atoms with Crippen LogP contribution in [0.5, 0.6) is 0 Å². The van der Waals surface area contributed by atoms with Crippen molar-refractivity contribution < 1.29 is 14.1 Å². The summed E-state index contributed by atoms with van der Waals surface area (Å²) in [6.07, 6.45) is 4.11. The topological polar surface area (TPSA) is 77.2 Å². The summed E-state index contributed by atoms with van der Waals surface area (Å²) in [4.78, 5) is 15.9. The third-order valence-corrected chi connectivity index (χ3v) is 3.28. The maximum Gasteiger partial charge on any atom is 0.226 e. The van der Waals surface area contributed by atoms with Crippen molar-refractivity contribution in [1.82, 2.24) is 15.5 Å². The fraction of sp³-hybridized carbons (Fsp3) is 0.769. The van der Waals surface area contributed by atoms with Crippen LogP contribution in [0.15, 0.2) is 4.52 Å². The molecule has 2 rings (SSSR count). The molecule has 1 amide bonds. The number of amides is 1. The van der Waals surface area contributed by atoms with Gasteiger partial charge in [-0.3, -0.25) is 4.79 Å². The molecule has 0 spiro atoms. The SMILES string of the molecule is Cc1noc(CCCC(=O)N[C@@H](C)[C@H]2CCCO2)n1. The van der Waals surface area contributed by atoms with Gasteiger partial charge in [-0.2, -0.15) is 4.98 Å². The number of nitrogens with one attached hydrogen (secondary N) is 1. The second-order valence-electron chi connectivity index (χ2n) is 5.00. The minimum Gasteiger partial charge on any atom is -0.376 e. The van der Waals surface area contributed by atoms with Gasteiger partial charge >= 0.3 is 0 Å². The second kappa shape index (κ2) is 6.65. The van der Waals surface area contributed by atoms with E-state index in [4.69, 9.17) is 9.26 Å². The van der Waals surface area contributed by atoms with E-state index in [1.54, 1.807) is 6.92 Å². The van der Waals surface area contributed by atoms with Crippen molar-refractivity contribution >= 4 is 5.91 Å². The van der Waals surface area contributed by atoms with E-state index in [9.17, 15) is 4.79 Å². The lowest BCUT2D eigenvalue weighted by Gasteiger charge is -2.19. The van der Waals surface area contributed by atoms with Crippen LogP contribution in [0.2, 0.25) is 0 Å². The van der Waals surface area contributed by atoms with Crippen LogP contribution >= 0.6 is 0 Å². The number of ether oxygens (including phenoxy) is 1. The van der Waals surface area contributed by atoms with Gasteiger partial charge in [0, 0.05) is 19.4 Å².